The van der Waals surface area contributed by atoms with Crippen molar-refractivity contribution in [3.8, 4) is 0 Å². The highest BCUT2D eigenvalue weighted by atomic mass is 127. The highest BCUT2D eigenvalue weighted by Crippen LogP contribution is 2.33. The Hall–Kier alpha value is 0.130. The molecule has 15 heavy (non-hydrogen) atoms. The van der Waals surface area contributed by atoms with Crippen molar-refractivity contribution in [3.05, 3.63) is 55.3 Å². The summed E-state index contributed by atoms with van der Waals surface area (Å²) in [5.41, 5.74) is 3.96. The minimum Gasteiger partial charge on any atom is -0.137 e. The third-order valence-electron chi connectivity index (χ3n) is 2.25. The number of hydrogen-bond donors (Lipinski definition) is 0. The Morgan fingerprint density at radius 1 is 1.20 bits per heavy atom. The van der Waals surface area contributed by atoms with Crippen molar-refractivity contribution in [3.63, 3.8) is 0 Å². The van der Waals surface area contributed by atoms with Crippen LogP contribution in [-0.4, -0.2) is 0 Å². The number of benzene rings is 1. The molecule has 1 aromatic heterocycles. The summed E-state index contributed by atoms with van der Waals surface area (Å²) < 4.78 is 1.33. The minimum absolute atomic E-state index is 0.317. The summed E-state index contributed by atoms with van der Waals surface area (Å²) in [6.07, 6.45) is 0. The van der Waals surface area contributed by atoms with E-state index in [1.165, 1.54) is 19.6 Å². The standard InChI is InChI=1S/C12H10BrIS/c1-8-2-4-9(5-3-8)12(13)10-6-11(14)15-7-10/h2-7,12H,1H3. The Kier molecular flexibility index (Phi) is 3.85. The van der Waals surface area contributed by atoms with E-state index in [0.717, 1.165) is 0 Å². The first-order valence-corrected chi connectivity index (χ1v) is 7.49. The summed E-state index contributed by atoms with van der Waals surface area (Å²) in [5.74, 6) is 0. The molecule has 0 aliphatic heterocycles. The molecule has 1 aromatic carbocycles. The van der Waals surface area contributed by atoms with Gasteiger partial charge in [0.15, 0.2) is 0 Å². The summed E-state index contributed by atoms with van der Waals surface area (Å²) in [5, 5.41) is 2.21. The van der Waals surface area contributed by atoms with Gasteiger partial charge in [-0.05, 0) is 52.1 Å². The van der Waals surface area contributed by atoms with Gasteiger partial charge in [-0.25, -0.2) is 0 Å². The summed E-state index contributed by atoms with van der Waals surface area (Å²) in [7, 11) is 0. The van der Waals surface area contributed by atoms with E-state index >= 15 is 0 Å². The molecular formula is C12H10BrIS. The molecule has 0 nitrogen and oxygen atoms in total. The Labute approximate surface area is 116 Å². The molecule has 3 heteroatoms. The molecule has 1 atom stereocenters. The summed E-state index contributed by atoms with van der Waals surface area (Å²) in [4.78, 5) is 0.317. The van der Waals surface area contributed by atoms with Gasteiger partial charge in [-0.3, -0.25) is 0 Å². The lowest BCUT2D eigenvalue weighted by Gasteiger charge is -2.08. The number of rotatable bonds is 2. The third kappa shape index (κ3) is 2.82. The number of alkyl halides is 1. The molecule has 0 aliphatic carbocycles. The van der Waals surface area contributed by atoms with Gasteiger partial charge in [0.2, 0.25) is 0 Å². The van der Waals surface area contributed by atoms with Crippen LogP contribution in [-0.2, 0) is 0 Å². The van der Waals surface area contributed by atoms with Crippen LogP contribution in [0.1, 0.15) is 21.5 Å². The van der Waals surface area contributed by atoms with Crippen molar-refractivity contribution in [1.82, 2.24) is 0 Å². The van der Waals surface area contributed by atoms with E-state index in [1.54, 1.807) is 11.3 Å². The van der Waals surface area contributed by atoms with Crippen LogP contribution in [0, 0.1) is 9.81 Å². The Morgan fingerprint density at radius 2 is 1.87 bits per heavy atom. The molecule has 1 unspecified atom stereocenters. The van der Waals surface area contributed by atoms with Crippen molar-refractivity contribution >= 4 is 49.9 Å². The normalized spacial score (nSPS) is 12.7. The first kappa shape index (κ1) is 11.6. The topological polar surface area (TPSA) is 0 Å². The number of thiophene rings is 1. The maximum Gasteiger partial charge on any atom is 0.0656 e. The summed E-state index contributed by atoms with van der Waals surface area (Å²) in [6, 6.07) is 10.9. The zero-order valence-corrected chi connectivity index (χ0v) is 12.8. The quantitative estimate of drug-likeness (QED) is 0.490. The lowest BCUT2D eigenvalue weighted by molar-refractivity contribution is 1.19. The van der Waals surface area contributed by atoms with Crippen LogP contribution in [0.25, 0.3) is 0 Å². The zero-order valence-electron chi connectivity index (χ0n) is 8.21. The van der Waals surface area contributed by atoms with E-state index in [9.17, 15) is 0 Å². The van der Waals surface area contributed by atoms with E-state index in [4.69, 9.17) is 0 Å². The van der Waals surface area contributed by atoms with Gasteiger partial charge in [0.25, 0.3) is 0 Å². The highest BCUT2D eigenvalue weighted by Gasteiger charge is 2.11. The summed E-state index contributed by atoms with van der Waals surface area (Å²) in [6.45, 7) is 2.11. The SMILES string of the molecule is Cc1ccc(C(Br)c2csc(I)c2)cc1. The number of aryl methyl sites for hydroxylation is 1. The number of halogens is 2. The fourth-order valence-corrected chi connectivity index (χ4v) is 3.53. The average molecular weight is 393 g/mol. The van der Waals surface area contributed by atoms with E-state index in [0.29, 0.717) is 4.83 Å². The van der Waals surface area contributed by atoms with Crippen LogP contribution in [0.5, 0.6) is 0 Å². The second-order valence-corrected chi connectivity index (χ2v) is 7.18. The van der Waals surface area contributed by atoms with Gasteiger partial charge < -0.3 is 0 Å². The van der Waals surface area contributed by atoms with Gasteiger partial charge in [0, 0.05) is 0 Å². The van der Waals surface area contributed by atoms with Crippen LogP contribution in [0.15, 0.2) is 35.7 Å². The van der Waals surface area contributed by atoms with E-state index in [-0.39, 0.29) is 0 Å². The van der Waals surface area contributed by atoms with Crippen molar-refractivity contribution in [1.29, 1.82) is 0 Å². The average Bonchev–Trinajstić information content (AvgIpc) is 2.65. The maximum atomic E-state index is 3.74. The predicted octanol–water partition coefficient (Wildman–Crippen LogP) is 5.15. The molecular weight excluding hydrogens is 383 g/mol. The van der Waals surface area contributed by atoms with Gasteiger partial charge >= 0.3 is 0 Å². The largest absolute Gasteiger partial charge is 0.137 e. The molecule has 2 rings (SSSR count). The molecule has 2 aromatic rings. The van der Waals surface area contributed by atoms with Gasteiger partial charge in [0.1, 0.15) is 0 Å². The molecule has 0 aliphatic rings. The van der Waals surface area contributed by atoms with Crippen molar-refractivity contribution < 1.29 is 0 Å². The lowest BCUT2D eigenvalue weighted by Crippen LogP contribution is -1.90. The van der Waals surface area contributed by atoms with Crippen LogP contribution < -0.4 is 0 Å². The highest BCUT2D eigenvalue weighted by molar-refractivity contribution is 14.1. The van der Waals surface area contributed by atoms with Crippen LogP contribution in [0.2, 0.25) is 0 Å². The van der Waals surface area contributed by atoms with Crippen molar-refractivity contribution in [2.24, 2.45) is 0 Å². The van der Waals surface area contributed by atoms with Gasteiger partial charge in [-0.2, -0.15) is 0 Å². The molecule has 1 heterocycles. The maximum absolute atomic E-state index is 3.74. The second kappa shape index (κ2) is 4.97. The lowest BCUT2D eigenvalue weighted by atomic mass is 10.1. The van der Waals surface area contributed by atoms with E-state index in [2.05, 4.69) is 81.2 Å². The summed E-state index contributed by atoms with van der Waals surface area (Å²) >= 11 is 7.88. The van der Waals surface area contributed by atoms with Crippen LogP contribution in [0.3, 0.4) is 0 Å². The molecule has 0 saturated heterocycles. The fourth-order valence-electron chi connectivity index (χ4n) is 1.38. The van der Waals surface area contributed by atoms with Crippen molar-refractivity contribution in [2.75, 3.05) is 0 Å². The Morgan fingerprint density at radius 3 is 2.40 bits per heavy atom. The predicted molar refractivity (Wildman–Crippen MR) is 79.0 cm³/mol. The number of hydrogen-bond acceptors (Lipinski definition) is 1. The molecule has 0 spiro atoms. The third-order valence-corrected chi connectivity index (χ3v) is 5.11. The van der Waals surface area contributed by atoms with E-state index in [1.807, 2.05) is 0 Å². The molecule has 78 valence electrons. The van der Waals surface area contributed by atoms with Gasteiger partial charge in [0.05, 0.1) is 7.71 Å². The Balaban J connectivity index is 2.28. The molecule has 0 N–H and O–H groups in total. The molecule has 0 saturated carbocycles. The van der Waals surface area contributed by atoms with Gasteiger partial charge in [-0.15, -0.1) is 11.3 Å². The first-order valence-electron chi connectivity index (χ1n) is 4.61. The van der Waals surface area contributed by atoms with Crippen LogP contribution in [0.4, 0.5) is 0 Å². The monoisotopic (exact) mass is 392 g/mol. The Bertz CT molecular complexity index is 447. The zero-order chi connectivity index (χ0) is 10.8. The minimum atomic E-state index is 0.317. The molecule has 0 amide bonds. The molecule has 0 radical (unpaired) electrons. The van der Waals surface area contributed by atoms with Crippen LogP contribution >= 0.6 is 49.9 Å². The van der Waals surface area contributed by atoms with E-state index < -0.39 is 0 Å². The van der Waals surface area contributed by atoms with Crippen molar-refractivity contribution in [2.45, 2.75) is 11.8 Å². The first-order chi connectivity index (χ1) is 7.16. The fraction of sp³-hybridized carbons (Fsp3) is 0.167. The molecule has 0 fully saturated rings. The second-order valence-electron chi connectivity index (χ2n) is 3.46. The smallest absolute Gasteiger partial charge is 0.0656 e. The molecule has 0 bridgehead atoms. The van der Waals surface area contributed by atoms with Gasteiger partial charge in [-0.1, -0.05) is 45.8 Å².